The zero-order valence-corrected chi connectivity index (χ0v) is 16.5. The molecule has 2 aromatic rings. The molecule has 150 valence electrons. The van der Waals surface area contributed by atoms with Gasteiger partial charge in [-0.05, 0) is 24.6 Å². The number of hydrogen-bond acceptors (Lipinski definition) is 4. The first-order chi connectivity index (χ1) is 13.8. The molecule has 0 bridgehead atoms. The fraction of sp³-hybridized carbons (Fsp3) is 0.409. The van der Waals surface area contributed by atoms with Gasteiger partial charge >= 0.3 is 0 Å². The van der Waals surface area contributed by atoms with Crippen LogP contribution in [0, 0.1) is 0 Å². The molecule has 3 rings (SSSR count). The van der Waals surface area contributed by atoms with E-state index >= 15 is 0 Å². The van der Waals surface area contributed by atoms with Crippen molar-refractivity contribution in [2.24, 2.45) is 4.99 Å². The van der Waals surface area contributed by atoms with Gasteiger partial charge in [0.15, 0.2) is 5.96 Å². The van der Waals surface area contributed by atoms with Crippen molar-refractivity contribution in [1.82, 2.24) is 15.1 Å². The largest absolute Gasteiger partial charge is 0.467 e. The minimum absolute atomic E-state index is 0.288. The van der Waals surface area contributed by atoms with Crippen LogP contribution in [0.3, 0.4) is 0 Å². The molecular formula is C22H30N4O2. The number of furan rings is 1. The van der Waals surface area contributed by atoms with E-state index in [4.69, 9.17) is 4.42 Å². The first kappa shape index (κ1) is 20.2. The number of guanidine groups is 1. The highest BCUT2D eigenvalue weighted by molar-refractivity contribution is 5.80. The van der Waals surface area contributed by atoms with E-state index in [1.165, 1.54) is 5.56 Å². The van der Waals surface area contributed by atoms with Crippen molar-refractivity contribution in [3.63, 3.8) is 0 Å². The molecule has 0 radical (unpaired) electrons. The summed E-state index contributed by atoms with van der Waals surface area (Å²) in [7, 11) is 0. The van der Waals surface area contributed by atoms with E-state index in [0.717, 1.165) is 45.2 Å². The summed E-state index contributed by atoms with van der Waals surface area (Å²) in [5.41, 5.74) is 1.23. The molecule has 6 heteroatoms. The van der Waals surface area contributed by atoms with Crippen LogP contribution in [0.4, 0.5) is 0 Å². The molecule has 2 N–H and O–H groups in total. The van der Waals surface area contributed by atoms with Crippen molar-refractivity contribution in [1.29, 1.82) is 0 Å². The first-order valence-electron chi connectivity index (χ1n) is 9.95. The van der Waals surface area contributed by atoms with Crippen LogP contribution in [0.1, 0.15) is 24.4 Å². The standard InChI is InChI=1S/C22H30N4O2/c1-2-23-22(24-18-20(27)21-11-7-17-28-21)26-15-13-25(14-16-26)12-6-10-19-8-4-3-5-9-19/h3-11,17,20,27H,2,12-16,18H2,1H3,(H,23,24)/b10-6+. The maximum Gasteiger partial charge on any atom is 0.194 e. The molecule has 1 aliphatic heterocycles. The second-order valence-electron chi connectivity index (χ2n) is 6.83. The Morgan fingerprint density at radius 3 is 2.64 bits per heavy atom. The van der Waals surface area contributed by atoms with Gasteiger partial charge in [0.25, 0.3) is 0 Å². The summed E-state index contributed by atoms with van der Waals surface area (Å²) < 4.78 is 5.25. The fourth-order valence-electron chi connectivity index (χ4n) is 3.21. The topological polar surface area (TPSA) is 64.2 Å². The van der Waals surface area contributed by atoms with Crippen LogP contribution >= 0.6 is 0 Å². The molecule has 1 aromatic carbocycles. The molecule has 1 aliphatic rings. The summed E-state index contributed by atoms with van der Waals surface area (Å²) >= 11 is 0. The second kappa shape index (κ2) is 10.7. The maximum absolute atomic E-state index is 10.2. The molecule has 1 unspecified atom stereocenters. The van der Waals surface area contributed by atoms with Crippen LogP contribution in [0.5, 0.6) is 0 Å². The highest BCUT2D eigenvalue weighted by Gasteiger charge is 2.19. The number of nitrogens with one attached hydrogen (secondary N) is 1. The average molecular weight is 383 g/mol. The lowest BCUT2D eigenvalue weighted by atomic mass is 10.2. The minimum Gasteiger partial charge on any atom is -0.467 e. The summed E-state index contributed by atoms with van der Waals surface area (Å²) in [6, 6.07) is 13.9. The molecule has 1 aromatic heterocycles. The number of rotatable bonds is 7. The molecule has 0 saturated carbocycles. The van der Waals surface area contributed by atoms with Gasteiger partial charge in [0.05, 0.1) is 12.8 Å². The summed E-state index contributed by atoms with van der Waals surface area (Å²) in [5, 5.41) is 13.5. The number of aliphatic hydroxyl groups excluding tert-OH is 1. The zero-order chi connectivity index (χ0) is 19.6. The van der Waals surface area contributed by atoms with Crippen LogP contribution in [0.2, 0.25) is 0 Å². The van der Waals surface area contributed by atoms with Crippen molar-refractivity contribution in [3.05, 3.63) is 66.1 Å². The Bertz CT molecular complexity index is 735. The Balaban J connectivity index is 1.48. The average Bonchev–Trinajstić information content (AvgIpc) is 3.27. The normalized spacial score (nSPS) is 17.2. The van der Waals surface area contributed by atoms with Crippen molar-refractivity contribution in [3.8, 4) is 0 Å². The number of hydrogen-bond donors (Lipinski definition) is 2. The van der Waals surface area contributed by atoms with Gasteiger partial charge in [-0.1, -0.05) is 42.5 Å². The Labute approximate surface area is 167 Å². The van der Waals surface area contributed by atoms with Gasteiger partial charge in [0.1, 0.15) is 11.9 Å². The molecular weight excluding hydrogens is 352 g/mol. The zero-order valence-electron chi connectivity index (χ0n) is 16.5. The highest BCUT2D eigenvalue weighted by Crippen LogP contribution is 2.13. The Hall–Kier alpha value is -2.57. The third kappa shape index (κ3) is 5.97. The first-order valence-corrected chi connectivity index (χ1v) is 9.95. The predicted molar refractivity (Wildman–Crippen MR) is 113 cm³/mol. The van der Waals surface area contributed by atoms with Crippen LogP contribution in [0.25, 0.3) is 6.08 Å². The summed E-state index contributed by atoms with van der Waals surface area (Å²) in [4.78, 5) is 9.31. The number of piperazine rings is 1. The smallest absolute Gasteiger partial charge is 0.194 e. The molecule has 0 spiro atoms. The van der Waals surface area contributed by atoms with E-state index in [-0.39, 0.29) is 6.54 Å². The van der Waals surface area contributed by atoms with Gasteiger partial charge in [-0.15, -0.1) is 0 Å². The third-order valence-corrected chi connectivity index (χ3v) is 4.77. The summed E-state index contributed by atoms with van der Waals surface area (Å²) in [6.07, 6.45) is 5.25. The molecule has 0 amide bonds. The van der Waals surface area contributed by atoms with Gasteiger partial charge in [-0.3, -0.25) is 4.90 Å². The van der Waals surface area contributed by atoms with Gasteiger partial charge in [0.2, 0.25) is 0 Å². The van der Waals surface area contributed by atoms with Crippen molar-refractivity contribution >= 4 is 12.0 Å². The SMILES string of the molecule is CCNC(=NCC(O)c1ccco1)N1CCN(C/C=C/c2ccccc2)CC1. The van der Waals surface area contributed by atoms with E-state index in [1.807, 2.05) is 6.07 Å². The van der Waals surface area contributed by atoms with Crippen molar-refractivity contribution in [2.75, 3.05) is 45.8 Å². The van der Waals surface area contributed by atoms with Gasteiger partial charge in [0, 0.05) is 39.3 Å². The molecule has 28 heavy (non-hydrogen) atoms. The second-order valence-corrected chi connectivity index (χ2v) is 6.83. The number of nitrogens with zero attached hydrogens (tertiary/aromatic N) is 3. The van der Waals surface area contributed by atoms with E-state index in [1.54, 1.807) is 18.4 Å². The van der Waals surface area contributed by atoms with Crippen LogP contribution in [-0.4, -0.2) is 66.7 Å². The lowest BCUT2D eigenvalue weighted by Gasteiger charge is -2.36. The molecule has 0 aliphatic carbocycles. The van der Waals surface area contributed by atoms with Crippen molar-refractivity contribution < 1.29 is 9.52 Å². The van der Waals surface area contributed by atoms with Gasteiger partial charge in [-0.2, -0.15) is 0 Å². The predicted octanol–water partition coefficient (Wildman–Crippen LogP) is 2.61. The maximum atomic E-state index is 10.2. The minimum atomic E-state index is -0.715. The molecule has 1 atom stereocenters. The van der Waals surface area contributed by atoms with Gasteiger partial charge in [-0.25, -0.2) is 4.99 Å². The Morgan fingerprint density at radius 1 is 1.18 bits per heavy atom. The van der Waals surface area contributed by atoms with E-state index in [9.17, 15) is 5.11 Å². The molecule has 6 nitrogen and oxygen atoms in total. The lowest BCUT2D eigenvalue weighted by Crippen LogP contribution is -2.52. The summed E-state index contributed by atoms with van der Waals surface area (Å²) in [5.74, 6) is 1.40. The van der Waals surface area contributed by atoms with Crippen LogP contribution in [-0.2, 0) is 0 Å². The van der Waals surface area contributed by atoms with E-state index in [0.29, 0.717) is 5.76 Å². The molecule has 1 fully saturated rings. The number of benzene rings is 1. The Kier molecular flexibility index (Phi) is 7.70. The molecule has 2 heterocycles. The number of aliphatic hydroxyl groups is 1. The van der Waals surface area contributed by atoms with E-state index < -0.39 is 6.10 Å². The van der Waals surface area contributed by atoms with Gasteiger partial charge < -0.3 is 19.7 Å². The summed E-state index contributed by atoms with van der Waals surface area (Å²) in [6.45, 7) is 7.92. The molecule has 1 saturated heterocycles. The fourth-order valence-corrected chi connectivity index (χ4v) is 3.21. The van der Waals surface area contributed by atoms with Crippen LogP contribution in [0.15, 0.2) is 64.2 Å². The number of aliphatic imine (C=N–C) groups is 1. The quantitative estimate of drug-likeness (QED) is 0.569. The van der Waals surface area contributed by atoms with Crippen LogP contribution < -0.4 is 5.32 Å². The van der Waals surface area contributed by atoms with E-state index in [2.05, 4.69) is 63.5 Å². The highest BCUT2D eigenvalue weighted by atomic mass is 16.4. The third-order valence-electron chi connectivity index (χ3n) is 4.77. The Morgan fingerprint density at radius 2 is 1.96 bits per heavy atom. The lowest BCUT2D eigenvalue weighted by molar-refractivity contribution is 0.157. The van der Waals surface area contributed by atoms with Crippen molar-refractivity contribution in [2.45, 2.75) is 13.0 Å². The monoisotopic (exact) mass is 382 g/mol.